The molecule has 6 N–H and O–H groups in total. The van der Waals surface area contributed by atoms with Crippen LogP contribution in [0, 0.1) is 0 Å². The standard InChI is InChI=1S/C13H17N5O4.C3H2NO2/c1-5(2)7(19)10-8(20)9(21)13(22-10)18-4-17-6-11(14)15-3-16-12(6)18;5-3-1-6-2-4-3/h3-4,8-10,13,20-21H,1-2H3,(H3,14,15,16,19);1H2/q;-1/p+1/t8-,9+,10+,13+;/m0./s1. The Hall–Kier alpha value is -3.09. The number of ether oxygens (including phenoxy) is 2. The molecular weight excluding hydrogens is 372 g/mol. The average Bonchev–Trinajstić information content (AvgIpc) is 3.37. The van der Waals surface area contributed by atoms with E-state index in [9.17, 15) is 20.1 Å². The van der Waals surface area contributed by atoms with E-state index in [0.29, 0.717) is 16.7 Å². The SMILES string of the molecule is CC(C)=C(O)[C@H]1O[C@@H]([n+]2c[nH]c3c(N)ncnc32)[C@H](O)[C@@H]1O.O=C1CO[C-]=N1. The predicted octanol–water partition coefficient (Wildman–Crippen LogP) is -1.25. The molecule has 0 saturated carbocycles. The number of fused-ring (bicyclic) bond motifs is 1. The number of anilines is 1. The van der Waals surface area contributed by atoms with Gasteiger partial charge in [0.1, 0.15) is 30.0 Å². The number of amides is 1. The number of hydrogen-bond donors (Lipinski definition) is 5. The van der Waals surface area contributed by atoms with Gasteiger partial charge in [0.15, 0.2) is 18.5 Å². The van der Waals surface area contributed by atoms with Crippen LogP contribution in [0.1, 0.15) is 20.1 Å². The lowest BCUT2D eigenvalue weighted by molar-refractivity contribution is -0.744. The third kappa shape index (κ3) is 3.65. The van der Waals surface area contributed by atoms with E-state index < -0.39 is 24.5 Å². The minimum absolute atomic E-state index is 0.0694. The van der Waals surface area contributed by atoms with Crippen LogP contribution in [0.2, 0.25) is 0 Å². The number of imidazole rings is 1. The Labute approximate surface area is 159 Å². The maximum absolute atomic E-state index is 10.2. The van der Waals surface area contributed by atoms with Crippen LogP contribution in [0.25, 0.3) is 11.2 Å². The summed E-state index contributed by atoms with van der Waals surface area (Å²) in [6.45, 7) is 3.45. The highest BCUT2D eigenvalue weighted by atomic mass is 16.6. The third-order valence-electron chi connectivity index (χ3n) is 4.17. The van der Waals surface area contributed by atoms with E-state index in [0.717, 1.165) is 0 Å². The largest absolute Gasteiger partial charge is 0.581 e. The van der Waals surface area contributed by atoms with Crippen molar-refractivity contribution in [3.8, 4) is 0 Å². The van der Waals surface area contributed by atoms with Crippen molar-refractivity contribution < 1.29 is 34.2 Å². The van der Waals surface area contributed by atoms with Gasteiger partial charge in [-0.15, -0.1) is 0 Å². The predicted molar refractivity (Wildman–Crippen MR) is 93.8 cm³/mol. The van der Waals surface area contributed by atoms with Crippen LogP contribution in [0.5, 0.6) is 0 Å². The van der Waals surface area contributed by atoms with Gasteiger partial charge < -0.3 is 40.3 Å². The van der Waals surface area contributed by atoms with Gasteiger partial charge in [0.25, 0.3) is 0 Å². The highest BCUT2D eigenvalue weighted by Crippen LogP contribution is 2.30. The van der Waals surface area contributed by atoms with Gasteiger partial charge in [0.2, 0.25) is 11.7 Å². The number of H-pyrrole nitrogens is 1. The van der Waals surface area contributed by atoms with Crippen LogP contribution in [0.4, 0.5) is 5.82 Å². The van der Waals surface area contributed by atoms with Crippen LogP contribution in [-0.2, 0) is 14.3 Å². The smallest absolute Gasteiger partial charge is 0.309 e. The molecule has 0 unspecified atom stereocenters. The van der Waals surface area contributed by atoms with Crippen molar-refractivity contribution in [1.29, 1.82) is 0 Å². The van der Waals surface area contributed by atoms with Gasteiger partial charge in [-0.1, -0.05) is 4.98 Å². The van der Waals surface area contributed by atoms with Gasteiger partial charge in [-0.2, -0.15) is 4.98 Å². The van der Waals surface area contributed by atoms with E-state index in [1.54, 1.807) is 13.8 Å². The summed E-state index contributed by atoms with van der Waals surface area (Å²) in [6.07, 6.45) is 0.476. The van der Waals surface area contributed by atoms with E-state index >= 15 is 0 Å². The Morgan fingerprint density at radius 3 is 2.68 bits per heavy atom. The lowest BCUT2D eigenvalue weighted by Crippen LogP contribution is -2.45. The molecule has 1 amide bonds. The molecule has 2 aromatic rings. The topological polar surface area (TPSA) is 180 Å². The first kappa shape index (κ1) is 19.7. The number of aliphatic hydroxyl groups excluding tert-OH is 3. The minimum Gasteiger partial charge on any atom is -0.581 e. The lowest BCUT2D eigenvalue weighted by Gasteiger charge is -2.14. The molecule has 2 aromatic heterocycles. The molecule has 12 nitrogen and oxygen atoms in total. The Morgan fingerprint density at radius 1 is 1.36 bits per heavy atom. The van der Waals surface area contributed by atoms with Crippen molar-refractivity contribution in [3.05, 3.63) is 24.0 Å². The molecule has 1 saturated heterocycles. The Morgan fingerprint density at radius 2 is 2.11 bits per heavy atom. The molecule has 2 aliphatic heterocycles. The summed E-state index contributed by atoms with van der Waals surface area (Å²) in [5.41, 5.74) is 7.29. The maximum atomic E-state index is 10.2. The van der Waals surface area contributed by atoms with Crippen molar-refractivity contribution in [1.82, 2.24) is 15.0 Å². The maximum Gasteiger partial charge on any atom is 0.309 e. The molecule has 0 aliphatic carbocycles. The van der Waals surface area contributed by atoms with E-state index in [2.05, 4.69) is 24.7 Å². The average molecular weight is 392 g/mol. The molecule has 150 valence electrons. The Kier molecular flexibility index (Phi) is 5.53. The van der Waals surface area contributed by atoms with Crippen LogP contribution in [0.15, 0.2) is 29.0 Å². The second kappa shape index (κ2) is 7.88. The van der Waals surface area contributed by atoms with Crippen LogP contribution < -0.4 is 10.3 Å². The summed E-state index contributed by atoms with van der Waals surface area (Å²) >= 11 is 0. The fourth-order valence-corrected chi connectivity index (χ4v) is 2.72. The van der Waals surface area contributed by atoms with Gasteiger partial charge in [-0.25, -0.2) is 4.57 Å². The van der Waals surface area contributed by atoms with Gasteiger partial charge in [-0.3, -0.25) is 4.98 Å². The fourth-order valence-electron chi connectivity index (χ4n) is 2.72. The number of nitrogens with one attached hydrogen (secondary N) is 1. The molecule has 2 aliphatic rings. The van der Waals surface area contributed by atoms with Gasteiger partial charge in [-0.05, 0) is 19.4 Å². The van der Waals surface area contributed by atoms with E-state index in [-0.39, 0.29) is 24.1 Å². The third-order valence-corrected chi connectivity index (χ3v) is 4.17. The highest BCUT2D eigenvalue weighted by Gasteiger charge is 2.48. The van der Waals surface area contributed by atoms with Gasteiger partial charge in [0, 0.05) is 6.40 Å². The number of nitrogens with zero attached hydrogens (tertiary/aromatic N) is 4. The van der Waals surface area contributed by atoms with Crippen molar-refractivity contribution in [2.75, 3.05) is 12.3 Å². The molecule has 0 aromatic carbocycles. The molecule has 4 rings (SSSR count). The van der Waals surface area contributed by atoms with Gasteiger partial charge in [0.05, 0.1) is 6.61 Å². The van der Waals surface area contributed by atoms with Gasteiger partial charge >= 0.3 is 5.65 Å². The zero-order valence-corrected chi connectivity index (χ0v) is 15.1. The zero-order chi connectivity index (χ0) is 20.4. The lowest BCUT2D eigenvalue weighted by atomic mass is 10.1. The quantitative estimate of drug-likeness (QED) is 0.237. The summed E-state index contributed by atoms with van der Waals surface area (Å²) in [5.74, 6) is -0.0842. The molecule has 0 spiro atoms. The summed E-state index contributed by atoms with van der Waals surface area (Å²) < 4.78 is 11.4. The first-order valence-electron chi connectivity index (χ1n) is 8.28. The van der Waals surface area contributed by atoms with Crippen molar-refractivity contribution in [3.63, 3.8) is 0 Å². The number of nitrogen functional groups attached to an aromatic ring is 1. The van der Waals surface area contributed by atoms with Crippen molar-refractivity contribution in [2.45, 2.75) is 38.4 Å². The number of aliphatic hydroxyl groups is 3. The minimum atomic E-state index is -1.25. The first-order chi connectivity index (χ1) is 13.3. The molecule has 12 heteroatoms. The number of rotatable bonds is 2. The number of carbonyl (C=O) groups excluding carboxylic acids is 1. The fraction of sp³-hybridized carbons (Fsp3) is 0.438. The summed E-state index contributed by atoms with van der Waals surface area (Å²) in [4.78, 5) is 23.9. The summed E-state index contributed by atoms with van der Waals surface area (Å²) in [6, 6.07) is 0. The van der Waals surface area contributed by atoms with Crippen LogP contribution in [-0.4, -0.2) is 67.5 Å². The number of nitrogens with two attached hydrogens (primary N) is 1. The molecule has 28 heavy (non-hydrogen) atoms. The summed E-state index contributed by atoms with van der Waals surface area (Å²) in [7, 11) is 0. The summed E-state index contributed by atoms with van der Waals surface area (Å²) in [5, 5.41) is 30.4. The molecule has 4 atom stereocenters. The number of aromatic nitrogens is 4. The number of aromatic amines is 1. The van der Waals surface area contributed by atoms with E-state index in [1.807, 2.05) is 6.40 Å². The number of aliphatic imine (C=N–C) groups is 1. The first-order valence-corrected chi connectivity index (χ1v) is 8.28. The number of carbonyl (C=O) groups is 1. The second-order valence-corrected chi connectivity index (χ2v) is 6.34. The Bertz CT molecular complexity index is 937. The number of allylic oxidation sites excluding steroid dienone is 1. The monoisotopic (exact) mass is 392 g/mol. The molecule has 0 radical (unpaired) electrons. The van der Waals surface area contributed by atoms with E-state index in [1.165, 1.54) is 17.2 Å². The normalized spacial score (nSPS) is 26.1. The molecule has 4 heterocycles. The van der Waals surface area contributed by atoms with Crippen molar-refractivity contribution in [2.24, 2.45) is 4.99 Å². The number of hydrogen-bond acceptors (Lipinski definition) is 9. The highest BCUT2D eigenvalue weighted by molar-refractivity contribution is 5.88. The molecule has 0 bridgehead atoms. The van der Waals surface area contributed by atoms with Crippen molar-refractivity contribution >= 4 is 29.3 Å². The van der Waals surface area contributed by atoms with Crippen LogP contribution >= 0.6 is 0 Å². The second-order valence-electron chi connectivity index (χ2n) is 6.34. The molecule has 1 fully saturated rings. The van der Waals surface area contributed by atoms with Crippen LogP contribution in [0.3, 0.4) is 0 Å². The Balaban J connectivity index is 0.000000320. The molecular formula is C16H20N6O6. The van der Waals surface area contributed by atoms with E-state index in [4.69, 9.17) is 10.5 Å². The zero-order valence-electron chi connectivity index (χ0n) is 15.1.